The van der Waals surface area contributed by atoms with E-state index < -0.39 is 23.7 Å². The van der Waals surface area contributed by atoms with Crippen LogP contribution in [-0.4, -0.2) is 52.7 Å². The molecule has 1 aliphatic heterocycles. The molecule has 2 aliphatic rings. The average Bonchev–Trinajstić information content (AvgIpc) is 3.26. The summed E-state index contributed by atoms with van der Waals surface area (Å²) in [7, 11) is 0. The Balaban J connectivity index is 1.55. The molecule has 0 spiro atoms. The number of halogens is 3. The van der Waals surface area contributed by atoms with Gasteiger partial charge < -0.3 is 20.9 Å². The Bertz CT molecular complexity index is 1070. The van der Waals surface area contributed by atoms with Gasteiger partial charge in [0.2, 0.25) is 11.9 Å². The van der Waals surface area contributed by atoms with Crippen molar-refractivity contribution in [1.29, 1.82) is 0 Å². The van der Waals surface area contributed by atoms with Crippen molar-refractivity contribution in [2.75, 3.05) is 30.3 Å². The number of anilines is 3. The summed E-state index contributed by atoms with van der Waals surface area (Å²) in [5, 5.41) is 8.85. The summed E-state index contributed by atoms with van der Waals surface area (Å²) in [5.74, 6) is -0.944. The molecule has 11 heteroatoms. The summed E-state index contributed by atoms with van der Waals surface area (Å²) < 4.78 is 41.1. The molecule has 1 aromatic heterocycles. The van der Waals surface area contributed by atoms with Crippen molar-refractivity contribution in [3.8, 4) is 0 Å². The van der Waals surface area contributed by atoms with Crippen molar-refractivity contribution in [2.45, 2.75) is 31.5 Å². The molecule has 2 atom stereocenters. The minimum absolute atomic E-state index is 0.0337. The second-order valence-electron chi connectivity index (χ2n) is 8.40. The number of hydrogen-bond donors (Lipinski definition) is 3. The minimum atomic E-state index is -4.67. The third-order valence-corrected chi connectivity index (χ3v) is 6.00. The molecule has 0 bridgehead atoms. The fourth-order valence-electron chi connectivity index (χ4n) is 4.29. The smallest absolute Gasteiger partial charge is 0.386 e. The van der Waals surface area contributed by atoms with E-state index in [2.05, 4.69) is 32.5 Å². The van der Waals surface area contributed by atoms with Crippen molar-refractivity contribution in [1.82, 2.24) is 20.2 Å². The van der Waals surface area contributed by atoms with Gasteiger partial charge in [0.15, 0.2) is 0 Å². The Morgan fingerprint density at radius 2 is 2.00 bits per heavy atom. The lowest BCUT2D eigenvalue weighted by Crippen LogP contribution is -2.49. The fourth-order valence-corrected chi connectivity index (χ4v) is 4.29. The van der Waals surface area contributed by atoms with Crippen LogP contribution in [0.5, 0.6) is 0 Å². The van der Waals surface area contributed by atoms with Gasteiger partial charge in [-0.1, -0.05) is 13.0 Å². The molecule has 2 fully saturated rings. The molecule has 1 saturated heterocycles. The molecule has 1 aromatic carbocycles. The van der Waals surface area contributed by atoms with Crippen LogP contribution in [0, 0.1) is 5.92 Å². The van der Waals surface area contributed by atoms with Crippen molar-refractivity contribution in [2.24, 2.45) is 5.92 Å². The summed E-state index contributed by atoms with van der Waals surface area (Å²) in [4.78, 5) is 33.5. The molecule has 2 aromatic rings. The van der Waals surface area contributed by atoms with Crippen LogP contribution in [-0.2, 0) is 11.0 Å². The third-order valence-electron chi connectivity index (χ3n) is 6.00. The summed E-state index contributed by atoms with van der Waals surface area (Å²) in [6.45, 7) is 5.38. The Morgan fingerprint density at radius 3 is 2.68 bits per heavy atom. The van der Waals surface area contributed by atoms with Crippen molar-refractivity contribution < 1.29 is 22.8 Å². The number of nitrogens with one attached hydrogen (secondary N) is 3. The maximum absolute atomic E-state index is 13.7. The van der Waals surface area contributed by atoms with E-state index in [4.69, 9.17) is 0 Å². The van der Waals surface area contributed by atoms with Gasteiger partial charge in [0.25, 0.3) is 0 Å². The Morgan fingerprint density at radius 1 is 1.24 bits per heavy atom. The Kier molecular flexibility index (Phi) is 6.71. The molecule has 1 saturated carbocycles. The number of piperazine rings is 1. The van der Waals surface area contributed by atoms with E-state index in [1.165, 1.54) is 0 Å². The highest BCUT2D eigenvalue weighted by molar-refractivity contribution is 5.81. The molecular formula is C23H25F3N6O2. The van der Waals surface area contributed by atoms with Gasteiger partial charge in [-0.3, -0.25) is 9.59 Å². The number of alkyl halides is 3. The molecule has 1 amide bonds. The molecule has 34 heavy (non-hydrogen) atoms. The van der Waals surface area contributed by atoms with Gasteiger partial charge in [-0.2, -0.15) is 18.2 Å². The quantitative estimate of drug-likeness (QED) is 0.551. The monoisotopic (exact) mass is 474 g/mol. The zero-order valence-electron chi connectivity index (χ0n) is 18.4. The normalized spacial score (nSPS) is 20.6. The predicted molar refractivity (Wildman–Crippen MR) is 121 cm³/mol. The van der Waals surface area contributed by atoms with Gasteiger partial charge in [0, 0.05) is 42.3 Å². The molecule has 1 aliphatic carbocycles. The average molecular weight is 474 g/mol. The van der Waals surface area contributed by atoms with Crippen LogP contribution in [0.2, 0.25) is 0 Å². The molecule has 3 N–H and O–H groups in total. The van der Waals surface area contributed by atoms with Crippen LogP contribution in [0.25, 0.3) is 0 Å². The summed E-state index contributed by atoms with van der Waals surface area (Å²) in [6.07, 6.45) is -1.38. The number of rotatable bonds is 6. The first-order chi connectivity index (χ1) is 16.2. The summed E-state index contributed by atoms with van der Waals surface area (Å²) in [5.41, 5.74) is 0.729. The molecule has 0 radical (unpaired) electrons. The number of carbonyl (C=O) groups is 2. The van der Waals surface area contributed by atoms with Gasteiger partial charge in [-0.25, -0.2) is 4.98 Å². The second kappa shape index (κ2) is 9.70. The fraction of sp³-hybridized carbons (Fsp3) is 0.391. The molecule has 2 heterocycles. The SMILES string of the molecule is C=C1CN(C(=O)C2CCCC2Nc2nc(Nc3ccc(C=O)cc3)ncc2C(F)(F)F)CCN1. The predicted octanol–water partition coefficient (Wildman–Crippen LogP) is 3.58. The maximum Gasteiger partial charge on any atom is 0.421 e. The number of aromatic nitrogens is 2. The maximum atomic E-state index is 13.7. The molecule has 2 unspecified atom stereocenters. The number of nitrogens with zero attached hydrogens (tertiary/aromatic N) is 3. The van der Waals surface area contributed by atoms with Crippen LogP contribution in [0.4, 0.5) is 30.6 Å². The van der Waals surface area contributed by atoms with Crippen LogP contribution in [0.3, 0.4) is 0 Å². The molecular weight excluding hydrogens is 449 g/mol. The van der Waals surface area contributed by atoms with Crippen molar-refractivity contribution in [3.63, 3.8) is 0 Å². The highest BCUT2D eigenvalue weighted by Gasteiger charge is 2.40. The molecule has 4 rings (SSSR count). The molecule has 8 nitrogen and oxygen atoms in total. The lowest BCUT2D eigenvalue weighted by molar-refractivity contribution is -0.137. The number of benzene rings is 1. The largest absolute Gasteiger partial charge is 0.421 e. The van der Waals surface area contributed by atoms with E-state index in [0.717, 1.165) is 18.3 Å². The van der Waals surface area contributed by atoms with E-state index >= 15 is 0 Å². The van der Waals surface area contributed by atoms with Crippen LogP contribution < -0.4 is 16.0 Å². The van der Waals surface area contributed by atoms with E-state index in [-0.39, 0.29) is 17.7 Å². The van der Waals surface area contributed by atoms with Gasteiger partial charge in [-0.15, -0.1) is 0 Å². The van der Waals surface area contributed by atoms with E-state index in [1.807, 2.05) is 0 Å². The number of carbonyl (C=O) groups excluding carboxylic acids is 2. The topological polar surface area (TPSA) is 99.3 Å². The van der Waals surface area contributed by atoms with E-state index in [0.29, 0.717) is 50.0 Å². The summed E-state index contributed by atoms with van der Waals surface area (Å²) >= 11 is 0. The highest BCUT2D eigenvalue weighted by Crippen LogP contribution is 2.37. The van der Waals surface area contributed by atoms with Crippen LogP contribution in [0.1, 0.15) is 35.2 Å². The van der Waals surface area contributed by atoms with Gasteiger partial charge in [0.1, 0.15) is 17.7 Å². The Labute approximate surface area is 194 Å². The van der Waals surface area contributed by atoms with E-state index in [9.17, 15) is 22.8 Å². The first-order valence-electron chi connectivity index (χ1n) is 11.0. The highest BCUT2D eigenvalue weighted by atomic mass is 19.4. The lowest BCUT2D eigenvalue weighted by Gasteiger charge is -2.33. The number of aldehydes is 1. The van der Waals surface area contributed by atoms with Gasteiger partial charge in [-0.05, 0) is 37.1 Å². The van der Waals surface area contributed by atoms with Crippen LogP contribution in [0.15, 0.2) is 42.7 Å². The van der Waals surface area contributed by atoms with Crippen molar-refractivity contribution >= 4 is 29.6 Å². The number of amides is 1. The van der Waals surface area contributed by atoms with Gasteiger partial charge >= 0.3 is 6.18 Å². The first-order valence-corrected chi connectivity index (χ1v) is 11.0. The molecule has 180 valence electrons. The first kappa shape index (κ1) is 23.5. The van der Waals surface area contributed by atoms with Crippen LogP contribution >= 0.6 is 0 Å². The van der Waals surface area contributed by atoms with Crippen molar-refractivity contribution in [3.05, 3.63) is 53.9 Å². The standard InChI is InChI=1S/C23H25F3N6O2/c1-14-12-32(10-9-27-14)21(34)17-3-2-4-19(17)30-20-18(23(24,25)26)11-28-22(31-20)29-16-7-5-15(13-33)6-8-16/h5-8,11,13,17,19,27H,1-4,9-10,12H2,(H2,28,29,30,31). The number of hydrogen-bond acceptors (Lipinski definition) is 7. The zero-order valence-corrected chi connectivity index (χ0v) is 18.4. The van der Waals surface area contributed by atoms with E-state index in [1.54, 1.807) is 29.2 Å². The lowest BCUT2D eigenvalue weighted by atomic mass is 10.0. The minimum Gasteiger partial charge on any atom is -0.386 e. The zero-order chi connectivity index (χ0) is 24.3. The van der Waals surface area contributed by atoms with Gasteiger partial charge in [0.05, 0.1) is 12.5 Å². The summed E-state index contributed by atoms with van der Waals surface area (Å²) in [6, 6.07) is 5.86. The third kappa shape index (κ3) is 5.29. The second-order valence-corrected chi connectivity index (χ2v) is 8.40. The Hall–Kier alpha value is -3.63.